The first-order chi connectivity index (χ1) is 21.5. The van der Waals surface area contributed by atoms with Gasteiger partial charge in [0.25, 0.3) is 0 Å². The third kappa shape index (κ3) is 6.15. The van der Waals surface area contributed by atoms with Crippen molar-refractivity contribution >= 4 is 18.2 Å². The quantitative estimate of drug-likeness (QED) is 0.114. The second kappa shape index (κ2) is 14.1. The fourth-order valence-electron chi connectivity index (χ4n) is 6.32. The molecule has 7 heteroatoms. The third-order valence-corrected chi connectivity index (χ3v) is 8.44. The predicted molar refractivity (Wildman–Crippen MR) is 171 cm³/mol. The highest BCUT2D eigenvalue weighted by Crippen LogP contribution is 2.43. The van der Waals surface area contributed by atoms with E-state index in [9.17, 15) is 9.59 Å². The monoisotopic (exact) mass is 590 g/mol. The van der Waals surface area contributed by atoms with Gasteiger partial charge >= 0.3 is 11.9 Å². The van der Waals surface area contributed by atoms with Crippen LogP contribution in [0.4, 0.5) is 0 Å². The Kier molecular flexibility index (Phi) is 9.87. The minimum atomic E-state index is -1.24. The molecule has 2 atom stereocenters. The van der Waals surface area contributed by atoms with Gasteiger partial charge < -0.3 is 14.2 Å². The van der Waals surface area contributed by atoms with Crippen molar-refractivity contribution in [3.8, 4) is 11.1 Å². The van der Waals surface area contributed by atoms with Gasteiger partial charge in [-0.15, -0.1) is 0 Å². The first kappa shape index (κ1) is 30.7. The summed E-state index contributed by atoms with van der Waals surface area (Å²) in [5, 5.41) is 7.05. The molecule has 7 nitrogen and oxygen atoms in total. The number of benzene rings is 4. The lowest BCUT2D eigenvalue weighted by Gasteiger charge is -2.42. The van der Waals surface area contributed by atoms with Gasteiger partial charge in [-0.1, -0.05) is 115 Å². The number of carbonyl (C=O) groups excluding carboxylic acids is 2. The van der Waals surface area contributed by atoms with Gasteiger partial charge in [-0.3, -0.25) is 14.6 Å². The minimum absolute atomic E-state index is 0.153. The molecule has 44 heavy (non-hydrogen) atoms. The second-order valence-corrected chi connectivity index (χ2v) is 10.8. The number of nitrogens with zero attached hydrogens (tertiary/aromatic N) is 2. The number of ether oxygens (including phenoxy) is 3. The summed E-state index contributed by atoms with van der Waals surface area (Å²) in [7, 11) is 4.29. The van der Waals surface area contributed by atoms with Gasteiger partial charge in [0.1, 0.15) is 5.60 Å². The summed E-state index contributed by atoms with van der Waals surface area (Å²) in [6, 6.07) is 38.0. The Morgan fingerprint density at radius 3 is 1.86 bits per heavy atom. The molecule has 4 aromatic carbocycles. The van der Waals surface area contributed by atoms with Crippen molar-refractivity contribution < 1.29 is 23.8 Å². The highest BCUT2D eigenvalue weighted by atomic mass is 16.5. The molecule has 1 aliphatic rings. The van der Waals surface area contributed by atoms with Crippen LogP contribution in [0.15, 0.2) is 120 Å². The Morgan fingerprint density at radius 2 is 1.32 bits per heavy atom. The van der Waals surface area contributed by atoms with Gasteiger partial charge in [-0.2, -0.15) is 5.10 Å². The molecule has 1 aliphatic heterocycles. The molecule has 5 rings (SSSR count). The zero-order valence-corrected chi connectivity index (χ0v) is 25.3. The van der Waals surface area contributed by atoms with Crippen LogP contribution in [-0.4, -0.2) is 57.1 Å². The molecule has 0 aliphatic carbocycles. The molecular weight excluding hydrogens is 552 g/mol. The predicted octanol–water partition coefficient (Wildman–Crippen LogP) is 6.44. The maximum absolute atomic E-state index is 13.1. The topological polar surface area (TPSA) is 77.4 Å². The summed E-state index contributed by atoms with van der Waals surface area (Å²) >= 11 is 0. The van der Waals surface area contributed by atoms with Crippen molar-refractivity contribution in [1.29, 1.82) is 0 Å². The standard InChI is InChI=1S/C37H38N2O5/c1-42-35(40)34(36(41)43-2)32(29-18-13-17-28(25-29)27-15-7-4-8-16-27)26-38-39-24-14-23-33(39)37(44-3,30-19-9-5-10-20-30)31-21-11-6-12-22-31/h4-13,15-22,25-26,32-34H,14,23-24H2,1-3H3/b38-26+/t32-,33+/m1/s1. The van der Waals surface area contributed by atoms with E-state index in [2.05, 4.69) is 24.3 Å². The van der Waals surface area contributed by atoms with Gasteiger partial charge in [-0.25, -0.2) is 0 Å². The van der Waals surface area contributed by atoms with Crippen LogP contribution in [0.2, 0.25) is 0 Å². The van der Waals surface area contributed by atoms with Crippen molar-refractivity contribution in [2.45, 2.75) is 30.4 Å². The lowest BCUT2D eigenvalue weighted by atomic mass is 9.79. The molecule has 0 N–H and O–H groups in total. The van der Waals surface area contributed by atoms with E-state index < -0.39 is 29.4 Å². The molecule has 0 radical (unpaired) electrons. The van der Waals surface area contributed by atoms with E-state index in [0.717, 1.165) is 40.7 Å². The molecule has 0 spiro atoms. The second-order valence-electron chi connectivity index (χ2n) is 10.8. The van der Waals surface area contributed by atoms with Crippen LogP contribution in [0.25, 0.3) is 11.1 Å². The Morgan fingerprint density at radius 1 is 0.773 bits per heavy atom. The van der Waals surface area contributed by atoms with Crippen LogP contribution in [0.1, 0.15) is 35.4 Å². The lowest BCUT2D eigenvalue weighted by molar-refractivity contribution is -0.159. The van der Waals surface area contributed by atoms with Crippen LogP contribution in [0, 0.1) is 5.92 Å². The summed E-state index contributed by atoms with van der Waals surface area (Å²) in [5.41, 5.74) is 3.97. The lowest BCUT2D eigenvalue weighted by Crippen LogP contribution is -2.48. The Labute approximate surface area is 259 Å². The van der Waals surface area contributed by atoms with E-state index in [0.29, 0.717) is 6.54 Å². The third-order valence-electron chi connectivity index (χ3n) is 8.44. The molecule has 0 unspecified atom stereocenters. The summed E-state index contributed by atoms with van der Waals surface area (Å²) < 4.78 is 16.7. The highest BCUT2D eigenvalue weighted by Gasteiger charge is 2.47. The van der Waals surface area contributed by atoms with E-state index in [1.807, 2.05) is 96.0 Å². The first-order valence-corrected chi connectivity index (χ1v) is 14.8. The number of esters is 2. The first-order valence-electron chi connectivity index (χ1n) is 14.8. The molecule has 1 saturated heterocycles. The number of hydrogen-bond acceptors (Lipinski definition) is 7. The molecule has 0 aromatic heterocycles. The Balaban J connectivity index is 1.59. The summed E-state index contributed by atoms with van der Waals surface area (Å²) in [6.45, 7) is 0.684. The molecule has 226 valence electrons. The highest BCUT2D eigenvalue weighted by molar-refractivity contribution is 5.99. The van der Waals surface area contributed by atoms with Gasteiger partial charge in [0.15, 0.2) is 5.92 Å². The van der Waals surface area contributed by atoms with E-state index in [1.165, 1.54) is 14.2 Å². The summed E-state index contributed by atoms with van der Waals surface area (Å²) in [5.74, 6) is -3.35. The Hall–Kier alpha value is -4.75. The van der Waals surface area contributed by atoms with Crippen LogP contribution >= 0.6 is 0 Å². The zero-order chi connectivity index (χ0) is 30.9. The van der Waals surface area contributed by atoms with Crippen molar-refractivity contribution in [2.24, 2.45) is 11.0 Å². The normalized spacial score (nSPS) is 15.8. The van der Waals surface area contributed by atoms with E-state index in [1.54, 1.807) is 13.3 Å². The fraction of sp³-hybridized carbons (Fsp3) is 0.270. The maximum atomic E-state index is 13.1. The van der Waals surface area contributed by atoms with Gasteiger partial charge in [-0.05, 0) is 40.7 Å². The molecule has 0 amide bonds. The van der Waals surface area contributed by atoms with Crippen LogP contribution in [0.5, 0.6) is 0 Å². The molecular formula is C37H38N2O5. The molecule has 0 saturated carbocycles. The molecule has 0 bridgehead atoms. The van der Waals surface area contributed by atoms with E-state index in [-0.39, 0.29) is 6.04 Å². The van der Waals surface area contributed by atoms with Crippen molar-refractivity contribution in [3.05, 3.63) is 132 Å². The van der Waals surface area contributed by atoms with Crippen LogP contribution < -0.4 is 0 Å². The molecule has 1 heterocycles. The maximum Gasteiger partial charge on any atom is 0.321 e. The SMILES string of the molecule is COC(=O)C(C(=O)OC)[C@H](/C=N/N1CCC[C@H]1C(OC)(c1ccccc1)c1ccccc1)c1cccc(-c2ccccc2)c1. The summed E-state index contributed by atoms with van der Waals surface area (Å²) in [4.78, 5) is 26.2. The van der Waals surface area contributed by atoms with Crippen molar-refractivity contribution in [2.75, 3.05) is 27.9 Å². The minimum Gasteiger partial charge on any atom is -0.468 e. The average Bonchev–Trinajstić information content (AvgIpc) is 3.57. The largest absolute Gasteiger partial charge is 0.468 e. The van der Waals surface area contributed by atoms with E-state index >= 15 is 0 Å². The number of rotatable bonds is 11. The van der Waals surface area contributed by atoms with E-state index in [4.69, 9.17) is 19.3 Å². The average molecular weight is 591 g/mol. The van der Waals surface area contributed by atoms with Crippen molar-refractivity contribution in [3.63, 3.8) is 0 Å². The number of carbonyl (C=O) groups is 2. The number of hydrazone groups is 1. The zero-order valence-electron chi connectivity index (χ0n) is 25.3. The molecule has 1 fully saturated rings. The van der Waals surface area contributed by atoms with Gasteiger partial charge in [0, 0.05) is 25.8 Å². The fourth-order valence-corrected chi connectivity index (χ4v) is 6.32. The van der Waals surface area contributed by atoms with Gasteiger partial charge in [0.2, 0.25) is 0 Å². The van der Waals surface area contributed by atoms with Crippen LogP contribution in [0.3, 0.4) is 0 Å². The number of methoxy groups -OCH3 is 3. The van der Waals surface area contributed by atoms with Gasteiger partial charge in [0.05, 0.1) is 20.3 Å². The Bertz CT molecular complexity index is 1500. The molecule has 4 aromatic rings. The summed E-state index contributed by atoms with van der Waals surface area (Å²) in [6.07, 6.45) is 3.43. The van der Waals surface area contributed by atoms with Crippen molar-refractivity contribution in [1.82, 2.24) is 5.01 Å². The number of hydrogen-bond donors (Lipinski definition) is 0. The van der Waals surface area contributed by atoms with Crippen LogP contribution in [-0.2, 0) is 29.4 Å². The smallest absolute Gasteiger partial charge is 0.321 e.